The van der Waals surface area contributed by atoms with E-state index < -0.39 is 0 Å². The minimum absolute atomic E-state index is 0.134. The van der Waals surface area contributed by atoms with Gasteiger partial charge in [-0.3, -0.25) is 9.59 Å². The Balaban J connectivity index is 1.45. The lowest BCUT2D eigenvalue weighted by atomic mass is 10.1. The number of benzene rings is 1. The summed E-state index contributed by atoms with van der Waals surface area (Å²) < 4.78 is 6.63. The molecule has 2 aromatic heterocycles. The number of aromatic nitrogens is 3. The van der Waals surface area contributed by atoms with Crippen molar-refractivity contribution in [3.63, 3.8) is 0 Å². The number of nitrogens with zero attached hydrogens (tertiary/aromatic N) is 3. The lowest BCUT2D eigenvalue weighted by Gasteiger charge is -2.16. The molecular weight excluding hydrogens is 442 g/mol. The second kappa shape index (κ2) is 12.0. The second-order valence-electron chi connectivity index (χ2n) is 7.53. The van der Waals surface area contributed by atoms with E-state index in [0.29, 0.717) is 29.9 Å². The van der Waals surface area contributed by atoms with Gasteiger partial charge in [-0.2, -0.15) is 4.98 Å². The van der Waals surface area contributed by atoms with Gasteiger partial charge in [0.1, 0.15) is 5.56 Å². The van der Waals surface area contributed by atoms with Crippen molar-refractivity contribution in [2.75, 3.05) is 25.5 Å². The molecule has 0 saturated heterocycles. The van der Waals surface area contributed by atoms with Crippen molar-refractivity contribution in [3.05, 3.63) is 81.4 Å². The molecule has 0 bridgehead atoms. The average molecular weight is 470 g/mol. The van der Waals surface area contributed by atoms with Gasteiger partial charge in [-0.15, -0.1) is 0 Å². The minimum atomic E-state index is -0.361. The first kappa shape index (κ1) is 24.3. The van der Waals surface area contributed by atoms with Crippen LogP contribution in [0.3, 0.4) is 0 Å². The molecule has 2 N–H and O–H groups in total. The van der Waals surface area contributed by atoms with Gasteiger partial charge in [0, 0.05) is 36.6 Å². The van der Waals surface area contributed by atoms with E-state index in [1.807, 2.05) is 19.1 Å². The van der Waals surface area contributed by atoms with Gasteiger partial charge in [-0.25, -0.2) is 4.98 Å². The van der Waals surface area contributed by atoms with E-state index in [-0.39, 0.29) is 23.1 Å². The molecule has 0 radical (unpaired) electrons. The summed E-state index contributed by atoms with van der Waals surface area (Å²) in [5, 5.41) is 6.63. The number of amides is 1. The number of carbonyl (C=O) groups is 1. The van der Waals surface area contributed by atoms with Gasteiger partial charge >= 0.3 is 0 Å². The topological polar surface area (TPSA) is 98.1 Å². The monoisotopic (exact) mass is 469 g/mol. The van der Waals surface area contributed by atoms with Crippen LogP contribution in [0, 0.1) is 0 Å². The van der Waals surface area contributed by atoms with E-state index in [4.69, 9.17) is 16.3 Å². The largest absolute Gasteiger partial charge is 0.481 e. The van der Waals surface area contributed by atoms with E-state index in [2.05, 4.69) is 20.6 Å². The van der Waals surface area contributed by atoms with Gasteiger partial charge in [-0.05, 0) is 56.0 Å². The van der Waals surface area contributed by atoms with E-state index >= 15 is 0 Å². The van der Waals surface area contributed by atoms with E-state index in [1.54, 1.807) is 54.4 Å². The van der Waals surface area contributed by atoms with Crippen LogP contribution in [0.2, 0.25) is 5.02 Å². The Kier molecular flexibility index (Phi) is 8.83. The van der Waals surface area contributed by atoms with Crippen molar-refractivity contribution in [2.24, 2.45) is 0 Å². The van der Waals surface area contributed by atoms with Gasteiger partial charge in [-0.1, -0.05) is 23.7 Å². The molecule has 3 rings (SSSR count). The van der Waals surface area contributed by atoms with Gasteiger partial charge in [0.25, 0.3) is 11.5 Å². The maximum absolute atomic E-state index is 12.9. The van der Waals surface area contributed by atoms with Gasteiger partial charge in [0.15, 0.2) is 0 Å². The standard InChI is InChI=1S/C24H28ClN5O3/c1-17(18-8-10-19(25)11-9-18)30-16-6-7-20(23(30)32)22(31)26-13-4-3-5-14-27-24-28-15-12-21(29-24)33-2/h6-12,15-17H,3-5,13-14H2,1-2H3,(H,26,31)(H,27,28,29). The lowest BCUT2D eigenvalue weighted by molar-refractivity contribution is 0.0950. The first-order valence-electron chi connectivity index (χ1n) is 10.9. The van der Waals surface area contributed by atoms with E-state index in [1.165, 1.54) is 0 Å². The Labute approximate surface area is 198 Å². The lowest BCUT2D eigenvalue weighted by Crippen LogP contribution is -2.34. The Morgan fingerprint density at radius 1 is 1.12 bits per heavy atom. The summed E-state index contributed by atoms with van der Waals surface area (Å²) in [6.07, 6.45) is 5.93. The molecule has 3 aromatic rings. The fraction of sp³-hybridized carbons (Fsp3) is 0.333. The number of anilines is 1. The third-order valence-electron chi connectivity index (χ3n) is 5.25. The number of unbranched alkanes of at least 4 members (excludes halogenated alkanes) is 2. The molecule has 2 heterocycles. The number of ether oxygens (including phenoxy) is 1. The van der Waals surface area contributed by atoms with Gasteiger partial charge < -0.3 is 19.9 Å². The van der Waals surface area contributed by atoms with Crippen molar-refractivity contribution in [1.82, 2.24) is 19.9 Å². The Morgan fingerprint density at radius 2 is 1.88 bits per heavy atom. The summed E-state index contributed by atoms with van der Waals surface area (Å²) in [6.45, 7) is 3.12. The molecular formula is C24H28ClN5O3. The second-order valence-corrected chi connectivity index (χ2v) is 7.96. The number of pyridine rings is 1. The molecule has 0 aliphatic heterocycles. The molecule has 0 aliphatic carbocycles. The fourth-order valence-corrected chi connectivity index (χ4v) is 3.48. The smallest absolute Gasteiger partial charge is 0.263 e. The minimum Gasteiger partial charge on any atom is -0.481 e. The van der Waals surface area contributed by atoms with Crippen LogP contribution in [0.1, 0.15) is 48.1 Å². The summed E-state index contributed by atoms with van der Waals surface area (Å²) in [6, 6.07) is 12.1. The molecule has 1 atom stereocenters. The van der Waals surface area contributed by atoms with Crippen LogP contribution in [0.4, 0.5) is 5.95 Å². The van der Waals surface area contributed by atoms with Gasteiger partial charge in [0.05, 0.1) is 13.2 Å². The molecule has 0 saturated carbocycles. The quantitative estimate of drug-likeness (QED) is 0.413. The summed E-state index contributed by atoms with van der Waals surface area (Å²) in [5.41, 5.74) is 0.752. The van der Waals surface area contributed by atoms with Crippen molar-refractivity contribution >= 4 is 23.5 Å². The molecule has 33 heavy (non-hydrogen) atoms. The fourth-order valence-electron chi connectivity index (χ4n) is 3.35. The summed E-state index contributed by atoms with van der Waals surface area (Å²) >= 11 is 5.95. The van der Waals surface area contributed by atoms with Crippen LogP contribution in [-0.4, -0.2) is 40.6 Å². The molecule has 0 fully saturated rings. The predicted molar refractivity (Wildman–Crippen MR) is 129 cm³/mol. The first-order chi connectivity index (χ1) is 16.0. The zero-order valence-corrected chi connectivity index (χ0v) is 19.5. The molecule has 174 valence electrons. The van der Waals surface area contributed by atoms with Crippen molar-refractivity contribution in [1.29, 1.82) is 0 Å². The van der Waals surface area contributed by atoms with Crippen LogP contribution < -0.4 is 20.9 Å². The molecule has 8 nitrogen and oxygen atoms in total. The molecule has 1 aromatic carbocycles. The number of carbonyl (C=O) groups excluding carboxylic acids is 1. The number of hydrogen-bond acceptors (Lipinski definition) is 6. The highest BCUT2D eigenvalue weighted by molar-refractivity contribution is 6.30. The predicted octanol–water partition coefficient (Wildman–Crippen LogP) is 3.92. The highest BCUT2D eigenvalue weighted by atomic mass is 35.5. The highest BCUT2D eigenvalue weighted by Crippen LogP contribution is 2.19. The average Bonchev–Trinajstić information content (AvgIpc) is 2.83. The zero-order valence-electron chi connectivity index (χ0n) is 18.8. The number of rotatable bonds is 11. The molecule has 1 amide bonds. The zero-order chi connectivity index (χ0) is 23.6. The van der Waals surface area contributed by atoms with Crippen LogP contribution in [-0.2, 0) is 0 Å². The van der Waals surface area contributed by atoms with Crippen LogP contribution in [0.25, 0.3) is 0 Å². The van der Waals surface area contributed by atoms with E-state index in [9.17, 15) is 9.59 Å². The number of nitrogens with one attached hydrogen (secondary N) is 2. The van der Waals surface area contributed by atoms with Crippen molar-refractivity contribution in [3.8, 4) is 5.88 Å². The Bertz CT molecular complexity index is 1120. The van der Waals surface area contributed by atoms with Crippen molar-refractivity contribution < 1.29 is 9.53 Å². The number of hydrogen-bond donors (Lipinski definition) is 2. The van der Waals surface area contributed by atoms with Crippen LogP contribution >= 0.6 is 11.6 Å². The van der Waals surface area contributed by atoms with Crippen molar-refractivity contribution in [2.45, 2.75) is 32.2 Å². The summed E-state index contributed by atoms with van der Waals surface area (Å²) in [4.78, 5) is 33.8. The SMILES string of the molecule is COc1ccnc(NCCCCCNC(=O)c2cccn(C(C)c3ccc(Cl)cc3)c2=O)n1. The molecule has 1 unspecified atom stereocenters. The third-order valence-corrected chi connectivity index (χ3v) is 5.50. The first-order valence-corrected chi connectivity index (χ1v) is 11.2. The van der Waals surface area contributed by atoms with Gasteiger partial charge in [0.2, 0.25) is 11.8 Å². The summed E-state index contributed by atoms with van der Waals surface area (Å²) in [7, 11) is 1.56. The molecule has 0 spiro atoms. The van der Waals surface area contributed by atoms with Crippen LogP contribution in [0.5, 0.6) is 5.88 Å². The molecule has 9 heteroatoms. The van der Waals surface area contributed by atoms with Crippen LogP contribution in [0.15, 0.2) is 59.7 Å². The number of halogens is 1. The Hall–Kier alpha value is -3.39. The molecule has 0 aliphatic rings. The summed E-state index contributed by atoms with van der Waals surface area (Å²) in [5.74, 6) is 0.675. The maximum Gasteiger partial charge on any atom is 0.263 e. The third kappa shape index (κ3) is 6.79. The van der Waals surface area contributed by atoms with E-state index in [0.717, 1.165) is 24.8 Å². The Morgan fingerprint density at radius 3 is 2.64 bits per heavy atom. The number of methoxy groups -OCH3 is 1. The maximum atomic E-state index is 12.9. The highest BCUT2D eigenvalue weighted by Gasteiger charge is 2.15. The normalized spacial score (nSPS) is 11.6.